The summed E-state index contributed by atoms with van der Waals surface area (Å²) >= 11 is 0. The van der Waals surface area contributed by atoms with Crippen LogP contribution in [0.1, 0.15) is 38.2 Å². The van der Waals surface area contributed by atoms with Crippen LogP contribution in [0.5, 0.6) is 5.75 Å². The number of hydrogen-bond donors (Lipinski definition) is 2. The fraction of sp³-hybridized carbons (Fsp3) is 0.600. The van der Waals surface area contributed by atoms with Crippen molar-refractivity contribution in [3.05, 3.63) is 29.8 Å². The molecule has 0 bridgehead atoms. The summed E-state index contributed by atoms with van der Waals surface area (Å²) in [5.41, 5.74) is -0.767. The van der Waals surface area contributed by atoms with E-state index in [0.29, 0.717) is 12.0 Å². The molecule has 118 valence electrons. The number of piperidine rings is 1. The first-order valence-electron chi connectivity index (χ1n) is 7.08. The molecule has 1 heterocycles. The van der Waals surface area contributed by atoms with Crippen LogP contribution in [-0.4, -0.2) is 24.1 Å². The van der Waals surface area contributed by atoms with Crippen molar-refractivity contribution in [1.82, 2.24) is 5.32 Å². The van der Waals surface area contributed by atoms with E-state index in [1.165, 1.54) is 18.2 Å². The van der Waals surface area contributed by atoms with Gasteiger partial charge in [0.1, 0.15) is 5.75 Å². The number of rotatable bonds is 4. The minimum atomic E-state index is -4.73. The average molecular weight is 303 g/mol. The molecule has 2 atom stereocenters. The van der Waals surface area contributed by atoms with Crippen LogP contribution in [0.2, 0.25) is 0 Å². The van der Waals surface area contributed by atoms with Crippen molar-refractivity contribution >= 4 is 0 Å². The van der Waals surface area contributed by atoms with E-state index in [1.54, 1.807) is 13.0 Å². The van der Waals surface area contributed by atoms with Crippen LogP contribution < -0.4 is 10.1 Å². The molecule has 2 rings (SSSR count). The number of benzene rings is 1. The molecule has 0 amide bonds. The molecule has 2 N–H and O–H groups in total. The first-order chi connectivity index (χ1) is 9.76. The summed E-state index contributed by atoms with van der Waals surface area (Å²) in [5, 5.41) is 13.9. The number of ether oxygens (including phenoxy) is 1. The molecule has 1 aliphatic rings. The van der Waals surface area contributed by atoms with Crippen LogP contribution in [0, 0.1) is 0 Å². The van der Waals surface area contributed by atoms with Gasteiger partial charge in [0.2, 0.25) is 0 Å². The zero-order valence-electron chi connectivity index (χ0n) is 11.9. The van der Waals surface area contributed by atoms with E-state index in [2.05, 4.69) is 10.1 Å². The van der Waals surface area contributed by atoms with Gasteiger partial charge in [-0.25, -0.2) is 0 Å². The number of nitrogens with one attached hydrogen (secondary N) is 1. The van der Waals surface area contributed by atoms with Gasteiger partial charge in [0.05, 0.1) is 5.60 Å². The van der Waals surface area contributed by atoms with E-state index in [0.717, 1.165) is 25.8 Å². The van der Waals surface area contributed by atoms with E-state index in [1.807, 2.05) is 0 Å². The Bertz CT molecular complexity index is 468. The van der Waals surface area contributed by atoms with Crippen LogP contribution in [0.25, 0.3) is 0 Å². The Morgan fingerprint density at radius 2 is 2.10 bits per heavy atom. The van der Waals surface area contributed by atoms with Gasteiger partial charge in [-0.05, 0) is 50.4 Å². The topological polar surface area (TPSA) is 41.5 Å². The van der Waals surface area contributed by atoms with Crippen molar-refractivity contribution in [2.24, 2.45) is 0 Å². The van der Waals surface area contributed by atoms with Crippen LogP contribution in [0.4, 0.5) is 13.2 Å². The summed E-state index contributed by atoms with van der Waals surface area (Å²) in [6, 6.07) is 5.73. The monoisotopic (exact) mass is 303 g/mol. The van der Waals surface area contributed by atoms with E-state index >= 15 is 0 Å². The maximum absolute atomic E-state index is 12.2. The lowest BCUT2D eigenvalue weighted by atomic mass is 9.86. The van der Waals surface area contributed by atoms with E-state index in [9.17, 15) is 18.3 Å². The van der Waals surface area contributed by atoms with Crippen molar-refractivity contribution in [1.29, 1.82) is 0 Å². The van der Waals surface area contributed by atoms with E-state index < -0.39 is 12.0 Å². The molecular formula is C15H20F3NO2. The van der Waals surface area contributed by atoms with Crippen molar-refractivity contribution in [3.8, 4) is 5.75 Å². The Morgan fingerprint density at radius 3 is 2.71 bits per heavy atom. The molecule has 1 aromatic rings. The standard InChI is InChI=1S/C15H20F3NO2/c1-14(20,10-12-6-2-3-8-19-12)11-5-4-7-13(9-11)21-15(16,17)18/h4-5,7,9,12,19-20H,2-3,6,8,10H2,1H3. The van der Waals surface area contributed by atoms with Gasteiger partial charge in [-0.1, -0.05) is 18.6 Å². The first-order valence-corrected chi connectivity index (χ1v) is 7.08. The zero-order chi connectivity index (χ0) is 15.5. The van der Waals surface area contributed by atoms with Crippen LogP contribution >= 0.6 is 0 Å². The molecule has 0 spiro atoms. The van der Waals surface area contributed by atoms with Crippen LogP contribution in [0.3, 0.4) is 0 Å². The van der Waals surface area contributed by atoms with Crippen molar-refractivity contribution < 1.29 is 23.0 Å². The molecular weight excluding hydrogens is 283 g/mol. The molecule has 3 nitrogen and oxygen atoms in total. The number of halogens is 3. The van der Waals surface area contributed by atoms with Crippen LogP contribution in [0.15, 0.2) is 24.3 Å². The summed E-state index contributed by atoms with van der Waals surface area (Å²) in [6.45, 7) is 2.54. The summed E-state index contributed by atoms with van der Waals surface area (Å²) in [7, 11) is 0. The molecule has 1 aromatic carbocycles. The molecule has 0 aromatic heterocycles. The highest BCUT2D eigenvalue weighted by Gasteiger charge is 2.33. The van der Waals surface area contributed by atoms with Gasteiger partial charge in [-0.15, -0.1) is 13.2 Å². The third-order valence-corrected chi connectivity index (χ3v) is 3.75. The second-order valence-corrected chi connectivity index (χ2v) is 5.70. The van der Waals surface area contributed by atoms with Gasteiger partial charge in [-0.2, -0.15) is 0 Å². The Morgan fingerprint density at radius 1 is 1.33 bits per heavy atom. The Labute approximate surface area is 122 Å². The van der Waals surface area contributed by atoms with Crippen molar-refractivity contribution in [3.63, 3.8) is 0 Å². The molecule has 6 heteroatoms. The minimum Gasteiger partial charge on any atom is -0.406 e. The summed E-state index contributed by atoms with van der Waals surface area (Å²) in [5.74, 6) is -0.308. The van der Waals surface area contributed by atoms with Gasteiger partial charge in [-0.3, -0.25) is 0 Å². The maximum Gasteiger partial charge on any atom is 0.573 e. The molecule has 1 aliphatic heterocycles. The van der Waals surface area contributed by atoms with Gasteiger partial charge >= 0.3 is 6.36 Å². The lowest BCUT2D eigenvalue weighted by Gasteiger charge is -2.32. The largest absolute Gasteiger partial charge is 0.573 e. The molecule has 0 saturated carbocycles. The fourth-order valence-corrected chi connectivity index (χ4v) is 2.72. The quantitative estimate of drug-likeness (QED) is 0.896. The average Bonchev–Trinajstić information content (AvgIpc) is 2.37. The smallest absolute Gasteiger partial charge is 0.406 e. The number of aliphatic hydroxyl groups is 1. The highest BCUT2D eigenvalue weighted by Crippen LogP contribution is 2.32. The normalized spacial score (nSPS) is 22.6. The Kier molecular flexibility index (Phi) is 4.78. The second-order valence-electron chi connectivity index (χ2n) is 5.70. The lowest BCUT2D eigenvalue weighted by Crippen LogP contribution is -2.39. The SMILES string of the molecule is CC(O)(CC1CCCCN1)c1cccc(OC(F)(F)F)c1. The summed E-state index contributed by atoms with van der Waals surface area (Å²) in [6.07, 6.45) is -1.08. The van der Waals surface area contributed by atoms with Gasteiger partial charge < -0.3 is 15.2 Å². The molecule has 1 saturated heterocycles. The van der Waals surface area contributed by atoms with Crippen molar-refractivity contribution in [2.75, 3.05) is 6.54 Å². The third kappa shape index (κ3) is 4.89. The zero-order valence-corrected chi connectivity index (χ0v) is 11.9. The molecule has 0 radical (unpaired) electrons. The second kappa shape index (κ2) is 6.23. The minimum absolute atomic E-state index is 0.181. The predicted molar refractivity (Wildman–Crippen MR) is 73.0 cm³/mol. The van der Waals surface area contributed by atoms with E-state index in [4.69, 9.17) is 0 Å². The van der Waals surface area contributed by atoms with Gasteiger partial charge in [0, 0.05) is 6.04 Å². The number of alkyl halides is 3. The first kappa shape index (κ1) is 16.1. The van der Waals surface area contributed by atoms with Crippen molar-refractivity contribution in [2.45, 2.75) is 50.6 Å². The molecule has 2 unspecified atom stereocenters. The molecule has 1 fully saturated rings. The van der Waals surface area contributed by atoms with E-state index in [-0.39, 0.29) is 11.8 Å². The molecule has 21 heavy (non-hydrogen) atoms. The summed E-state index contributed by atoms with van der Waals surface area (Å²) in [4.78, 5) is 0. The highest BCUT2D eigenvalue weighted by molar-refractivity contribution is 5.32. The molecule has 0 aliphatic carbocycles. The fourth-order valence-electron chi connectivity index (χ4n) is 2.72. The lowest BCUT2D eigenvalue weighted by molar-refractivity contribution is -0.274. The third-order valence-electron chi connectivity index (χ3n) is 3.75. The Hall–Kier alpha value is -1.27. The van der Waals surface area contributed by atoms with Gasteiger partial charge in [0.15, 0.2) is 0 Å². The maximum atomic E-state index is 12.2. The van der Waals surface area contributed by atoms with Crippen LogP contribution in [-0.2, 0) is 5.60 Å². The number of hydrogen-bond acceptors (Lipinski definition) is 3. The van der Waals surface area contributed by atoms with Gasteiger partial charge in [0.25, 0.3) is 0 Å². The predicted octanol–water partition coefficient (Wildman–Crippen LogP) is 3.32. The highest BCUT2D eigenvalue weighted by atomic mass is 19.4. The summed E-state index contributed by atoms with van der Waals surface area (Å²) < 4.78 is 40.6. The Balaban J connectivity index is 2.09.